The second kappa shape index (κ2) is 8.80. The maximum absolute atomic E-state index is 14.3. The van der Waals surface area contributed by atoms with Crippen LogP contribution in [-0.2, 0) is 14.8 Å². The second-order valence-electron chi connectivity index (χ2n) is 6.12. The third-order valence-corrected chi connectivity index (χ3v) is 7.22. The zero-order chi connectivity index (χ0) is 21.2. The van der Waals surface area contributed by atoms with Gasteiger partial charge >= 0.3 is 0 Å². The van der Waals surface area contributed by atoms with Gasteiger partial charge < -0.3 is 0 Å². The van der Waals surface area contributed by atoms with Gasteiger partial charge in [0.1, 0.15) is 5.82 Å². The van der Waals surface area contributed by atoms with Gasteiger partial charge in [0.2, 0.25) is 0 Å². The molecule has 1 saturated heterocycles. The summed E-state index contributed by atoms with van der Waals surface area (Å²) in [5.74, 6) is -0.895. The zero-order valence-electron chi connectivity index (χ0n) is 15.3. The number of amides is 1. The summed E-state index contributed by atoms with van der Waals surface area (Å²) < 4.78 is 44.0. The number of halogens is 2. The fourth-order valence-electron chi connectivity index (χ4n) is 2.51. The molecule has 1 aliphatic rings. The number of hydrogen-bond donors (Lipinski definition) is 0. The fraction of sp³-hybridized carbons (Fsp3) is 0.100. The Kier molecular flexibility index (Phi) is 6.59. The van der Waals surface area contributed by atoms with Gasteiger partial charge in [0.05, 0.1) is 9.80 Å². The lowest BCUT2D eigenvalue weighted by molar-refractivity contribution is -0.121. The number of rotatable bonds is 5. The molecule has 0 aromatic heterocycles. The number of amidine groups is 1. The van der Waals surface area contributed by atoms with Gasteiger partial charge in [0.25, 0.3) is 15.9 Å². The Morgan fingerprint density at radius 3 is 2.59 bits per heavy atom. The van der Waals surface area contributed by atoms with Crippen LogP contribution in [0.4, 0.5) is 4.39 Å². The Morgan fingerprint density at radius 1 is 1.24 bits per heavy atom. The summed E-state index contributed by atoms with van der Waals surface area (Å²) in [6, 6.07) is 11.1. The highest BCUT2D eigenvalue weighted by molar-refractivity contribution is 14.1. The third-order valence-electron chi connectivity index (χ3n) is 3.98. The molecule has 5 nitrogen and oxygen atoms in total. The molecule has 0 bridgehead atoms. The maximum Gasteiger partial charge on any atom is 0.284 e. The predicted octanol–water partition coefficient (Wildman–Crippen LogP) is 4.59. The minimum Gasteiger partial charge on any atom is -0.282 e. The third kappa shape index (κ3) is 4.78. The van der Waals surface area contributed by atoms with Crippen LogP contribution < -0.4 is 0 Å². The van der Waals surface area contributed by atoms with Gasteiger partial charge in [0.15, 0.2) is 5.17 Å². The fourth-order valence-corrected chi connectivity index (χ4v) is 5.20. The Bertz CT molecular complexity index is 1140. The van der Waals surface area contributed by atoms with Crippen molar-refractivity contribution in [1.82, 2.24) is 4.90 Å². The normalized spacial score (nSPS) is 17.3. The minimum absolute atomic E-state index is 0.00719. The average Bonchev–Trinajstić information content (AvgIpc) is 2.94. The van der Waals surface area contributed by atoms with Crippen molar-refractivity contribution < 1.29 is 17.6 Å². The van der Waals surface area contributed by atoms with Crippen LogP contribution in [0.5, 0.6) is 0 Å². The second-order valence-corrected chi connectivity index (χ2v) is 9.90. The quantitative estimate of drug-likeness (QED) is 0.315. The molecule has 1 amide bonds. The first kappa shape index (κ1) is 21.7. The average molecular weight is 542 g/mol. The predicted molar refractivity (Wildman–Crippen MR) is 122 cm³/mol. The first-order valence-electron chi connectivity index (χ1n) is 8.41. The van der Waals surface area contributed by atoms with Gasteiger partial charge in [-0.05, 0) is 65.6 Å². The monoisotopic (exact) mass is 542 g/mol. The molecule has 0 radical (unpaired) electrons. The van der Waals surface area contributed by atoms with Crippen LogP contribution in [0.1, 0.15) is 11.1 Å². The van der Waals surface area contributed by atoms with E-state index in [2.05, 4.69) is 11.0 Å². The summed E-state index contributed by atoms with van der Waals surface area (Å²) in [6.07, 6.45) is 2.88. The Morgan fingerprint density at radius 2 is 1.93 bits per heavy atom. The van der Waals surface area contributed by atoms with Gasteiger partial charge in [-0.1, -0.05) is 35.9 Å². The molecule has 9 heteroatoms. The number of nitrogens with zero attached hydrogens (tertiary/aromatic N) is 2. The smallest absolute Gasteiger partial charge is 0.282 e. The summed E-state index contributed by atoms with van der Waals surface area (Å²) in [4.78, 5) is 14.2. The summed E-state index contributed by atoms with van der Waals surface area (Å²) in [5.41, 5.74) is 1.16. The molecule has 29 heavy (non-hydrogen) atoms. The van der Waals surface area contributed by atoms with Gasteiger partial charge in [-0.2, -0.15) is 8.42 Å². The molecule has 2 aromatic rings. The van der Waals surface area contributed by atoms with E-state index < -0.39 is 21.7 Å². The van der Waals surface area contributed by atoms with Crippen molar-refractivity contribution >= 4 is 61.5 Å². The molecule has 0 unspecified atom stereocenters. The molecule has 0 atom stereocenters. The lowest BCUT2D eigenvalue weighted by Crippen LogP contribution is -2.29. The van der Waals surface area contributed by atoms with Crippen molar-refractivity contribution in [2.75, 3.05) is 6.54 Å². The molecule has 150 valence electrons. The Balaban J connectivity index is 2.02. The highest BCUT2D eigenvalue weighted by Gasteiger charge is 2.34. The van der Waals surface area contributed by atoms with Gasteiger partial charge in [-0.15, -0.1) is 11.0 Å². The SMILES string of the molecule is C=CCN1C(=O)/C(=C/c2cccc(I)c2F)S/C1=N/S(=O)(=O)c1ccc(C)cc1. The van der Waals surface area contributed by atoms with E-state index in [9.17, 15) is 17.6 Å². The maximum atomic E-state index is 14.3. The van der Waals surface area contributed by atoms with Gasteiger partial charge in [-0.25, -0.2) is 4.39 Å². The summed E-state index contributed by atoms with van der Waals surface area (Å²) in [5, 5.41) is 0.00719. The first-order chi connectivity index (χ1) is 13.7. The van der Waals surface area contributed by atoms with Gasteiger partial charge in [0, 0.05) is 15.7 Å². The number of carbonyl (C=O) groups is 1. The molecule has 1 aliphatic heterocycles. The van der Waals surface area contributed by atoms with E-state index in [0.29, 0.717) is 3.57 Å². The first-order valence-corrected chi connectivity index (χ1v) is 11.7. The molecule has 0 spiro atoms. The van der Waals surface area contributed by atoms with E-state index in [0.717, 1.165) is 17.3 Å². The Labute approximate surface area is 186 Å². The van der Waals surface area contributed by atoms with Crippen molar-refractivity contribution in [3.63, 3.8) is 0 Å². The van der Waals surface area contributed by atoms with Crippen molar-refractivity contribution in [2.24, 2.45) is 4.40 Å². The summed E-state index contributed by atoms with van der Waals surface area (Å²) in [7, 11) is -4.01. The molecule has 0 aliphatic carbocycles. The van der Waals surface area contributed by atoms with Crippen LogP contribution in [0.2, 0.25) is 0 Å². The van der Waals surface area contributed by atoms with Crippen molar-refractivity contribution in [3.05, 3.63) is 80.5 Å². The van der Waals surface area contributed by atoms with Crippen molar-refractivity contribution in [1.29, 1.82) is 0 Å². The minimum atomic E-state index is -4.01. The molecule has 1 heterocycles. The highest BCUT2D eigenvalue weighted by atomic mass is 127. The van der Waals surface area contributed by atoms with E-state index in [1.165, 1.54) is 29.2 Å². The van der Waals surface area contributed by atoms with Crippen molar-refractivity contribution in [2.45, 2.75) is 11.8 Å². The van der Waals surface area contributed by atoms with Crippen LogP contribution >= 0.6 is 34.4 Å². The standard InChI is InChI=1S/C20H16FIN2O3S2/c1-3-11-24-19(25)17(12-14-5-4-6-16(22)18(14)21)28-20(24)23-29(26,27)15-9-7-13(2)8-10-15/h3-10,12H,1,11H2,2H3/b17-12-,23-20+. The molecule has 0 N–H and O–H groups in total. The molecule has 1 fully saturated rings. The zero-order valence-corrected chi connectivity index (χ0v) is 19.1. The van der Waals surface area contributed by atoms with Crippen LogP contribution in [0.15, 0.2) is 69.3 Å². The Hall–Kier alpha value is -1.98. The lowest BCUT2D eigenvalue weighted by Gasteiger charge is -2.12. The molecule has 0 saturated carbocycles. The number of aryl methyl sites for hydroxylation is 1. The van der Waals surface area contributed by atoms with E-state index in [1.807, 2.05) is 29.5 Å². The van der Waals surface area contributed by atoms with Gasteiger partial charge in [-0.3, -0.25) is 9.69 Å². The summed E-state index contributed by atoms with van der Waals surface area (Å²) >= 11 is 2.76. The van der Waals surface area contributed by atoms with Crippen LogP contribution in [0.3, 0.4) is 0 Å². The molecule has 2 aromatic carbocycles. The van der Waals surface area contributed by atoms with Crippen LogP contribution in [0.25, 0.3) is 6.08 Å². The molecule has 3 rings (SSSR count). The number of hydrogen-bond acceptors (Lipinski definition) is 4. The topological polar surface area (TPSA) is 66.8 Å². The van der Waals surface area contributed by atoms with Crippen molar-refractivity contribution in [3.8, 4) is 0 Å². The molecular formula is C20H16FIN2O3S2. The van der Waals surface area contributed by atoms with Crippen LogP contribution in [-0.4, -0.2) is 30.9 Å². The van der Waals surface area contributed by atoms with E-state index in [1.54, 1.807) is 30.3 Å². The van der Waals surface area contributed by atoms with E-state index in [-0.39, 0.29) is 27.1 Å². The largest absolute Gasteiger partial charge is 0.284 e. The number of sulfonamides is 1. The number of thioether (sulfide) groups is 1. The number of benzene rings is 2. The van der Waals surface area contributed by atoms with Crippen LogP contribution in [0, 0.1) is 16.3 Å². The highest BCUT2D eigenvalue weighted by Crippen LogP contribution is 2.34. The van der Waals surface area contributed by atoms with E-state index in [4.69, 9.17) is 0 Å². The lowest BCUT2D eigenvalue weighted by atomic mass is 10.2. The summed E-state index contributed by atoms with van der Waals surface area (Å²) in [6.45, 7) is 5.54. The molecular weight excluding hydrogens is 526 g/mol. The van der Waals surface area contributed by atoms with E-state index >= 15 is 0 Å². The number of carbonyl (C=O) groups excluding carboxylic acids is 1.